The zero-order chi connectivity index (χ0) is 15.1. The molecule has 2 N–H and O–H groups in total. The molecule has 21 heavy (non-hydrogen) atoms. The van der Waals surface area contributed by atoms with E-state index in [1.807, 2.05) is 43.6 Å². The summed E-state index contributed by atoms with van der Waals surface area (Å²) in [4.78, 5) is 13.8. The molecule has 0 radical (unpaired) electrons. The lowest BCUT2D eigenvalue weighted by Gasteiger charge is -2.22. The van der Waals surface area contributed by atoms with Crippen molar-refractivity contribution >= 4 is 6.03 Å². The molecule has 6 nitrogen and oxygen atoms in total. The molecule has 0 saturated heterocycles. The molecule has 0 aliphatic carbocycles. The van der Waals surface area contributed by atoms with Crippen LogP contribution in [0.5, 0.6) is 0 Å². The third-order valence-corrected chi connectivity index (χ3v) is 3.08. The van der Waals surface area contributed by atoms with E-state index in [1.54, 1.807) is 15.8 Å². The molecule has 2 aromatic rings. The Hall–Kier alpha value is -2.34. The van der Waals surface area contributed by atoms with Crippen LogP contribution in [-0.4, -0.2) is 39.0 Å². The van der Waals surface area contributed by atoms with Crippen molar-refractivity contribution in [2.24, 2.45) is 7.05 Å². The Morgan fingerprint density at radius 3 is 2.71 bits per heavy atom. The minimum absolute atomic E-state index is 0.0624. The number of aliphatic hydroxyl groups excluding tert-OH is 1. The van der Waals surface area contributed by atoms with Crippen LogP contribution in [0.4, 0.5) is 4.79 Å². The number of aromatic nitrogens is 2. The fourth-order valence-corrected chi connectivity index (χ4v) is 2.03. The Bertz CT molecular complexity index is 568. The van der Waals surface area contributed by atoms with Crippen molar-refractivity contribution in [3.63, 3.8) is 0 Å². The fourth-order valence-electron chi connectivity index (χ4n) is 2.03. The lowest BCUT2D eigenvalue weighted by atomic mass is 10.2. The predicted molar refractivity (Wildman–Crippen MR) is 79.4 cm³/mol. The minimum Gasteiger partial charge on any atom is -0.395 e. The standard InChI is InChI=1S/C15H20N4O2/c1-18-11-14(10-17-18)9-16-15(21)19(7-8-20)12-13-5-3-2-4-6-13/h2-6,10-11,20H,7-9,12H2,1H3,(H,16,21). The molecular weight excluding hydrogens is 268 g/mol. The van der Waals surface area contributed by atoms with E-state index >= 15 is 0 Å². The first kappa shape index (κ1) is 15.1. The highest BCUT2D eigenvalue weighted by atomic mass is 16.3. The maximum Gasteiger partial charge on any atom is 0.318 e. The van der Waals surface area contributed by atoms with Gasteiger partial charge < -0.3 is 15.3 Å². The second-order valence-corrected chi connectivity index (χ2v) is 4.81. The summed E-state index contributed by atoms with van der Waals surface area (Å²) in [5, 5.41) is 16.0. The number of carbonyl (C=O) groups excluding carboxylic acids is 1. The zero-order valence-corrected chi connectivity index (χ0v) is 12.1. The molecule has 1 aromatic heterocycles. The van der Waals surface area contributed by atoms with E-state index < -0.39 is 0 Å². The van der Waals surface area contributed by atoms with E-state index in [0.29, 0.717) is 19.6 Å². The van der Waals surface area contributed by atoms with Crippen LogP contribution in [0.1, 0.15) is 11.1 Å². The lowest BCUT2D eigenvalue weighted by Crippen LogP contribution is -2.40. The van der Waals surface area contributed by atoms with Crippen molar-refractivity contribution in [1.82, 2.24) is 20.0 Å². The summed E-state index contributed by atoms with van der Waals surface area (Å²) in [5.41, 5.74) is 1.97. The number of urea groups is 1. The van der Waals surface area contributed by atoms with Gasteiger partial charge in [0.15, 0.2) is 0 Å². The SMILES string of the molecule is Cn1cc(CNC(=O)N(CCO)Cc2ccccc2)cn1. The summed E-state index contributed by atoms with van der Waals surface area (Å²) < 4.78 is 1.69. The van der Waals surface area contributed by atoms with Gasteiger partial charge in [0, 0.05) is 38.4 Å². The van der Waals surface area contributed by atoms with Crippen LogP contribution in [0, 0.1) is 0 Å². The second-order valence-electron chi connectivity index (χ2n) is 4.81. The van der Waals surface area contributed by atoms with E-state index in [-0.39, 0.29) is 12.6 Å². The van der Waals surface area contributed by atoms with Crippen LogP contribution >= 0.6 is 0 Å². The number of nitrogens with one attached hydrogen (secondary N) is 1. The number of hydrogen-bond acceptors (Lipinski definition) is 3. The molecule has 0 aliphatic rings. The van der Waals surface area contributed by atoms with E-state index in [0.717, 1.165) is 11.1 Å². The number of benzene rings is 1. The smallest absolute Gasteiger partial charge is 0.318 e. The molecule has 0 saturated carbocycles. The second kappa shape index (κ2) is 7.44. The average Bonchev–Trinajstić information content (AvgIpc) is 2.91. The molecule has 0 unspecified atom stereocenters. The number of aliphatic hydroxyl groups is 1. The molecular formula is C15H20N4O2. The van der Waals surface area contributed by atoms with Gasteiger partial charge in [0.25, 0.3) is 0 Å². The maximum absolute atomic E-state index is 12.2. The normalized spacial score (nSPS) is 10.4. The Balaban J connectivity index is 1.92. The van der Waals surface area contributed by atoms with Gasteiger partial charge in [-0.2, -0.15) is 5.10 Å². The molecule has 112 valence electrons. The van der Waals surface area contributed by atoms with Gasteiger partial charge >= 0.3 is 6.03 Å². The number of rotatable bonds is 6. The van der Waals surface area contributed by atoms with Crippen LogP contribution in [0.2, 0.25) is 0 Å². The van der Waals surface area contributed by atoms with Gasteiger partial charge in [-0.15, -0.1) is 0 Å². The number of carbonyl (C=O) groups is 1. The van der Waals surface area contributed by atoms with Crippen molar-refractivity contribution in [3.05, 3.63) is 53.9 Å². The monoisotopic (exact) mass is 288 g/mol. The lowest BCUT2D eigenvalue weighted by molar-refractivity contribution is 0.173. The molecule has 0 aliphatic heterocycles. The van der Waals surface area contributed by atoms with Crippen molar-refractivity contribution in [3.8, 4) is 0 Å². The van der Waals surface area contributed by atoms with Gasteiger partial charge in [-0.1, -0.05) is 30.3 Å². The third kappa shape index (κ3) is 4.61. The van der Waals surface area contributed by atoms with Gasteiger partial charge in [-0.3, -0.25) is 4.68 Å². The Morgan fingerprint density at radius 2 is 2.10 bits per heavy atom. The highest BCUT2D eigenvalue weighted by Gasteiger charge is 2.13. The minimum atomic E-state index is -0.197. The van der Waals surface area contributed by atoms with Crippen LogP contribution in [0.3, 0.4) is 0 Å². The maximum atomic E-state index is 12.2. The highest BCUT2D eigenvalue weighted by Crippen LogP contribution is 2.05. The van der Waals surface area contributed by atoms with E-state index in [1.165, 1.54) is 0 Å². The van der Waals surface area contributed by atoms with Gasteiger partial charge in [0.05, 0.1) is 12.8 Å². The predicted octanol–water partition coefficient (Wildman–Crippen LogP) is 1.12. The average molecular weight is 288 g/mol. The van der Waals surface area contributed by atoms with E-state index in [4.69, 9.17) is 5.11 Å². The first-order chi connectivity index (χ1) is 10.2. The van der Waals surface area contributed by atoms with Crippen molar-refractivity contribution in [2.45, 2.75) is 13.1 Å². The van der Waals surface area contributed by atoms with E-state index in [9.17, 15) is 4.79 Å². The number of amides is 2. The van der Waals surface area contributed by atoms with Crippen molar-refractivity contribution in [1.29, 1.82) is 0 Å². The highest BCUT2D eigenvalue weighted by molar-refractivity contribution is 5.74. The summed E-state index contributed by atoms with van der Waals surface area (Å²) in [6.45, 7) is 1.13. The summed E-state index contributed by atoms with van der Waals surface area (Å²) in [5.74, 6) is 0. The molecule has 2 rings (SSSR count). The Labute approximate surface area is 124 Å². The Kier molecular flexibility index (Phi) is 5.34. The zero-order valence-electron chi connectivity index (χ0n) is 12.1. The van der Waals surface area contributed by atoms with Gasteiger partial charge in [0.1, 0.15) is 0 Å². The Morgan fingerprint density at radius 1 is 1.33 bits per heavy atom. The molecule has 0 spiro atoms. The summed E-state index contributed by atoms with van der Waals surface area (Å²) in [7, 11) is 1.83. The van der Waals surface area contributed by atoms with Crippen molar-refractivity contribution in [2.75, 3.05) is 13.2 Å². The molecule has 1 aromatic carbocycles. The largest absolute Gasteiger partial charge is 0.395 e. The molecule has 0 bridgehead atoms. The first-order valence-corrected chi connectivity index (χ1v) is 6.84. The van der Waals surface area contributed by atoms with E-state index in [2.05, 4.69) is 10.4 Å². The quantitative estimate of drug-likeness (QED) is 0.837. The summed E-state index contributed by atoms with van der Waals surface area (Å²) >= 11 is 0. The van der Waals surface area contributed by atoms with Crippen LogP contribution in [0.15, 0.2) is 42.7 Å². The molecule has 2 amide bonds. The number of aryl methyl sites for hydroxylation is 1. The molecule has 0 fully saturated rings. The van der Waals surface area contributed by atoms with Gasteiger partial charge in [-0.25, -0.2) is 4.79 Å². The number of hydrogen-bond donors (Lipinski definition) is 2. The summed E-state index contributed by atoms with van der Waals surface area (Å²) in [6, 6.07) is 9.51. The van der Waals surface area contributed by atoms with Crippen molar-refractivity contribution < 1.29 is 9.90 Å². The van der Waals surface area contributed by atoms with Gasteiger partial charge in [0.2, 0.25) is 0 Å². The van der Waals surface area contributed by atoms with Crippen LogP contribution in [-0.2, 0) is 20.1 Å². The van der Waals surface area contributed by atoms with Crippen LogP contribution < -0.4 is 5.32 Å². The fraction of sp³-hybridized carbons (Fsp3) is 0.333. The molecule has 6 heteroatoms. The van der Waals surface area contributed by atoms with Crippen LogP contribution in [0.25, 0.3) is 0 Å². The topological polar surface area (TPSA) is 70.4 Å². The first-order valence-electron chi connectivity index (χ1n) is 6.84. The third-order valence-electron chi connectivity index (χ3n) is 3.08. The molecule has 1 heterocycles. The number of nitrogens with zero attached hydrogens (tertiary/aromatic N) is 3. The summed E-state index contributed by atoms with van der Waals surface area (Å²) in [6.07, 6.45) is 3.57. The molecule has 0 atom stereocenters. The van der Waals surface area contributed by atoms with Gasteiger partial charge in [-0.05, 0) is 5.56 Å².